The Morgan fingerprint density at radius 3 is 2.74 bits per heavy atom. The van der Waals surface area contributed by atoms with Crippen LogP contribution in [0.4, 0.5) is 5.69 Å². The van der Waals surface area contributed by atoms with Gasteiger partial charge in [0.2, 0.25) is 10.0 Å². The Kier molecular flexibility index (Phi) is 3.84. The van der Waals surface area contributed by atoms with E-state index in [2.05, 4.69) is 17.9 Å². The molecule has 0 fully saturated rings. The number of nitrogens with zero attached hydrogens (tertiary/aromatic N) is 2. The molecule has 0 aromatic heterocycles. The highest BCUT2D eigenvalue weighted by Gasteiger charge is 2.27. The lowest BCUT2D eigenvalue weighted by atomic mass is 10.1. The molecule has 1 aliphatic heterocycles. The number of sulfonamides is 1. The van der Waals surface area contributed by atoms with Crippen LogP contribution < -0.4 is 10.0 Å². The molecule has 2 N–H and O–H groups in total. The molecular weight excluding hydrogens is 310 g/mol. The van der Waals surface area contributed by atoms with Crippen LogP contribution in [0.3, 0.4) is 0 Å². The minimum atomic E-state index is -3.69. The van der Waals surface area contributed by atoms with Crippen molar-refractivity contribution in [2.45, 2.75) is 30.8 Å². The third-order valence-electron chi connectivity index (χ3n) is 4.21. The molecule has 2 aromatic rings. The largest absolute Gasteiger partial charge is 0.364 e. The fourth-order valence-electron chi connectivity index (χ4n) is 3.04. The average molecular weight is 327 g/mol. The molecule has 2 aromatic carbocycles. The maximum absolute atomic E-state index is 11.5. The van der Waals surface area contributed by atoms with E-state index in [0.717, 1.165) is 23.2 Å². The van der Waals surface area contributed by atoms with E-state index in [0.29, 0.717) is 12.1 Å². The zero-order valence-corrected chi connectivity index (χ0v) is 13.5. The Bertz CT molecular complexity index is 900. The fraction of sp³-hybridized carbons (Fsp3) is 0.235. The number of nitrogens with two attached hydrogens (primary N) is 1. The smallest absolute Gasteiger partial charge is 0.238 e. The van der Waals surface area contributed by atoms with Crippen molar-refractivity contribution in [3.8, 4) is 6.07 Å². The number of hydrogen-bond donors (Lipinski definition) is 1. The Morgan fingerprint density at radius 1 is 1.30 bits per heavy atom. The maximum atomic E-state index is 11.5. The number of anilines is 1. The standard InChI is InChI=1S/C17H17N3O2S/c1-12-8-15-9-16(23(19,21)22)6-7-17(15)20(12)11-14-5-3-2-4-13(14)10-18/h2-7,9,12H,8,11H2,1H3,(H2,19,21,22)/t12-/m1/s1. The number of nitriles is 1. The molecule has 0 radical (unpaired) electrons. The van der Waals surface area contributed by atoms with E-state index in [4.69, 9.17) is 5.14 Å². The van der Waals surface area contributed by atoms with Crippen LogP contribution in [-0.2, 0) is 23.0 Å². The van der Waals surface area contributed by atoms with Crippen molar-refractivity contribution in [3.05, 3.63) is 59.2 Å². The van der Waals surface area contributed by atoms with Crippen molar-refractivity contribution in [1.82, 2.24) is 0 Å². The monoisotopic (exact) mass is 327 g/mol. The zero-order valence-electron chi connectivity index (χ0n) is 12.7. The van der Waals surface area contributed by atoms with E-state index >= 15 is 0 Å². The summed E-state index contributed by atoms with van der Waals surface area (Å²) in [7, 11) is -3.69. The molecule has 5 nitrogen and oxygen atoms in total. The minimum Gasteiger partial charge on any atom is -0.364 e. The van der Waals surface area contributed by atoms with Crippen LogP contribution >= 0.6 is 0 Å². The SMILES string of the molecule is C[C@@H]1Cc2cc(S(N)(=O)=O)ccc2N1Cc1ccccc1C#N. The normalized spacial score (nSPS) is 16.9. The van der Waals surface area contributed by atoms with Gasteiger partial charge in [-0.1, -0.05) is 18.2 Å². The number of hydrogen-bond acceptors (Lipinski definition) is 4. The average Bonchev–Trinajstić information content (AvgIpc) is 2.82. The van der Waals surface area contributed by atoms with E-state index in [1.54, 1.807) is 18.2 Å². The van der Waals surface area contributed by atoms with Crippen LogP contribution in [-0.4, -0.2) is 14.5 Å². The Morgan fingerprint density at radius 2 is 2.04 bits per heavy atom. The third-order valence-corrected chi connectivity index (χ3v) is 5.13. The number of rotatable bonds is 3. The number of benzene rings is 2. The lowest BCUT2D eigenvalue weighted by Gasteiger charge is -2.25. The zero-order chi connectivity index (χ0) is 16.6. The summed E-state index contributed by atoms with van der Waals surface area (Å²) in [5.41, 5.74) is 3.59. The first-order valence-corrected chi connectivity index (χ1v) is 8.85. The highest BCUT2D eigenvalue weighted by atomic mass is 32.2. The van der Waals surface area contributed by atoms with Crippen molar-refractivity contribution in [1.29, 1.82) is 5.26 Å². The van der Waals surface area contributed by atoms with Crippen LogP contribution in [0.1, 0.15) is 23.6 Å². The molecule has 0 saturated carbocycles. The van der Waals surface area contributed by atoms with Crippen molar-refractivity contribution >= 4 is 15.7 Å². The third kappa shape index (κ3) is 2.93. The van der Waals surface area contributed by atoms with Gasteiger partial charge in [-0.25, -0.2) is 13.6 Å². The first-order valence-electron chi connectivity index (χ1n) is 7.30. The van der Waals surface area contributed by atoms with Gasteiger partial charge in [-0.3, -0.25) is 0 Å². The molecule has 0 spiro atoms. The van der Waals surface area contributed by atoms with Crippen LogP contribution in [0.2, 0.25) is 0 Å². The molecule has 0 unspecified atom stereocenters. The molecule has 1 aliphatic rings. The van der Waals surface area contributed by atoms with Gasteiger partial charge in [-0.2, -0.15) is 5.26 Å². The molecule has 118 valence electrons. The lowest BCUT2D eigenvalue weighted by Crippen LogP contribution is -2.28. The molecule has 0 saturated heterocycles. The van der Waals surface area contributed by atoms with Crippen LogP contribution in [0.15, 0.2) is 47.4 Å². The summed E-state index contributed by atoms with van der Waals surface area (Å²) in [5.74, 6) is 0. The van der Waals surface area contributed by atoms with Crippen LogP contribution in [0.25, 0.3) is 0 Å². The first-order chi connectivity index (χ1) is 10.9. The number of fused-ring (bicyclic) bond motifs is 1. The summed E-state index contributed by atoms with van der Waals surface area (Å²) >= 11 is 0. The summed E-state index contributed by atoms with van der Waals surface area (Å²) in [5, 5.41) is 14.4. The second-order valence-electron chi connectivity index (χ2n) is 5.79. The molecule has 23 heavy (non-hydrogen) atoms. The summed E-state index contributed by atoms with van der Waals surface area (Å²) < 4.78 is 23.0. The summed E-state index contributed by atoms with van der Waals surface area (Å²) in [6.45, 7) is 2.71. The quantitative estimate of drug-likeness (QED) is 0.936. The van der Waals surface area contributed by atoms with Gasteiger partial charge in [0.15, 0.2) is 0 Å². The predicted molar refractivity (Wildman–Crippen MR) is 88.3 cm³/mol. The fourth-order valence-corrected chi connectivity index (χ4v) is 3.60. The van der Waals surface area contributed by atoms with Crippen molar-refractivity contribution in [3.63, 3.8) is 0 Å². The lowest BCUT2D eigenvalue weighted by molar-refractivity contribution is 0.597. The highest BCUT2D eigenvalue weighted by molar-refractivity contribution is 7.89. The molecular formula is C17H17N3O2S. The Labute approximate surface area is 136 Å². The number of primary sulfonamides is 1. The maximum Gasteiger partial charge on any atom is 0.238 e. The molecule has 0 amide bonds. The highest BCUT2D eigenvalue weighted by Crippen LogP contribution is 2.35. The predicted octanol–water partition coefficient (Wildman–Crippen LogP) is 2.16. The summed E-state index contributed by atoms with van der Waals surface area (Å²) in [6.07, 6.45) is 0.757. The van der Waals surface area contributed by atoms with Crippen LogP contribution in [0.5, 0.6) is 0 Å². The van der Waals surface area contributed by atoms with Gasteiger partial charge < -0.3 is 4.90 Å². The molecule has 1 heterocycles. The second-order valence-corrected chi connectivity index (χ2v) is 7.35. The molecule has 0 aliphatic carbocycles. The van der Waals surface area contributed by atoms with Gasteiger partial charge in [-0.15, -0.1) is 0 Å². The molecule has 6 heteroatoms. The topological polar surface area (TPSA) is 87.2 Å². The Balaban J connectivity index is 1.97. The van der Waals surface area contributed by atoms with Gasteiger partial charge in [0.25, 0.3) is 0 Å². The van der Waals surface area contributed by atoms with Crippen molar-refractivity contribution in [2.75, 3.05) is 4.90 Å². The summed E-state index contributed by atoms with van der Waals surface area (Å²) in [6, 6.07) is 15.0. The van der Waals surface area contributed by atoms with Crippen LogP contribution in [0, 0.1) is 11.3 Å². The van der Waals surface area contributed by atoms with Gasteiger partial charge in [0.1, 0.15) is 0 Å². The molecule has 1 atom stereocenters. The van der Waals surface area contributed by atoms with Gasteiger partial charge in [0.05, 0.1) is 16.5 Å². The minimum absolute atomic E-state index is 0.141. The Hall–Kier alpha value is -2.36. The second kappa shape index (κ2) is 5.69. The van der Waals surface area contributed by atoms with Gasteiger partial charge in [-0.05, 0) is 48.7 Å². The van der Waals surface area contributed by atoms with E-state index in [1.165, 1.54) is 6.07 Å². The van der Waals surface area contributed by atoms with Gasteiger partial charge in [0, 0.05) is 18.3 Å². The van der Waals surface area contributed by atoms with E-state index in [9.17, 15) is 13.7 Å². The summed E-state index contributed by atoms with van der Waals surface area (Å²) in [4.78, 5) is 2.33. The van der Waals surface area contributed by atoms with Crippen molar-refractivity contribution in [2.24, 2.45) is 5.14 Å². The van der Waals surface area contributed by atoms with E-state index in [1.807, 2.05) is 18.2 Å². The van der Waals surface area contributed by atoms with E-state index < -0.39 is 10.0 Å². The molecule has 0 bridgehead atoms. The van der Waals surface area contributed by atoms with E-state index in [-0.39, 0.29) is 10.9 Å². The molecule has 3 rings (SSSR count). The van der Waals surface area contributed by atoms with Crippen molar-refractivity contribution < 1.29 is 8.42 Å². The first kappa shape index (κ1) is 15.5. The van der Waals surface area contributed by atoms with Gasteiger partial charge >= 0.3 is 0 Å².